The maximum atomic E-state index is 4.51. The Morgan fingerprint density at radius 2 is 1.81 bits per heavy atom. The molecule has 0 amide bonds. The second-order valence-electron chi connectivity index (χ2n) is 5.77. The molecule has 2 aromatic heterocycles. The Morgan fingerprint density at radius 1 is 0.905 bits per heavy atom. The zero-order valence-electron chi connectivity index (χ0n) is 12.1. The van der Waals surface area contributed by atoms with Crippen molar-refractivity contribution in [1.29, 1.82) is 0 Å². The number of fused-ring (bicyclic) bond motifs is 2. The Hall–Kier alpha value is -1.43. The Balaban J connectivity index is 1.66. The molecule has 6 heteroatoms. The van der Waals surface area contributed by atoms with Crippen molar-refractivity contribution < 1.29 is 0 Å². The molecule has 0 unspecified atom stereocenters. The highest BCUT2D eigenvalue weighted by atomic mass is 32.2. The van der Waals surface area contributed by atoms with Crippen molar-refractivity contribution in [2.24, 2.45) is 0 Å². The molecule has 1 aliphatic carbocycles. The van der Waals surface area contributed by atoms with E-state index in [4.69, 9.17) is 0 Å². The van der Waals surface area contributed by atoms with E-state index in [0.717, 1.165) is 41.8 Å². The van der Waals surface area contributed by atoms with Crippen LogP contribution in [-0.2, 0) is 25.8 Å². The van der Waals surface area contributed by atoms with E-state index in [1.165, 1.54) is 43.4 Å². The highest BCUT2D eigenvalue weighted by Crippen LogP contribution is 2.33. The summed E-state index contributed by atoms with van der Waals surface area (Å²) in [6.07, 6.45) is 11.2. The predicted molar refractivity (Wildman–Crippen MR) is 80.4 cm³/mol. The molecule has 21 heavy (non-hydrogen) atoms. The topological polar surface area (TPSA) is 56.5 Å². The van der Waals surface area contributed by atoms with Crippen LogP contribution >= 0.6 is 11.8 Å². The molecule has 4 rings (SSSR count). The van der Waals surface area contributed by atoms with E-state index in [2.05, 4.69) is 24.7 Å². The lowest BCUT2D eigenvalue weighted by Gasteiger charge is -2.16. The van der Waals surface area contributed by atoms with Crippen LogP contribution < -0.4 is 0 Å². The molecule has 2 aliphatic rings. The summed E-state index contributed by atoms with van der Waals surface area (Å²) < 4.78 is 2.29. The summed E-state index contributed by atoms with van der Waals surface area (Å²) in [5, 5.41) is 10.9. The van der Waals surface area contributed by atoms with Gasteiger partial charge in [0.1, 0.15) is 17.2 Å². The van der Waals surface area contributed by atoms with Gasteiger partial charge in [-0.05, 0) is 50.3 Å². The summed E-state index contributed by atoms with van der Waals surface area (Å²) in [7, 11) is 0. The van der Waals surface area contributed by atoms with Gasteiger partial charge in [-0.15, -0.1) is 10.2 Å². The maximum absolute atomic E-state index is 4.51. The smallest absolute Gasteiger partial charge is 0.197 e. The third kappa shape index (κ3) is 2.57. The Bertz CT molecular complexity index is 652. The van der Waals surface area contributed by atoms with E-state index < -0.39 is 0 Å². The molecular weight excluding hydrogens is 282 g/mol. The second kappa shape index (κ2) is 5.75. The molecule has 0 fully saturated rings. The molecule has 1 aliphatic heterocycles. The van der Waals surface area contributed by atoms with Gasteiger partial charge in [0.2, 0.25) is 0 Å². The summed E-state index contributed by atoms with van der Waals surface area (Å²) in [5.41, 5.74) is 2.56. The van der Waals surface area contributed by atoms with Crippen LogP contribution in [-0.4, -0.2) is 24.7 Å². The average molecular weight is 301 g/mol. The van der Waals surface area contributed by atoms with Gasteiger partial charge in [0.15, 0.2) is 5.16 Å². The highest BCUT2D eigenvalue weighted by Gasteiger charge is 2.20. The fraction of sp³-hybridized carbons (Fsp3) is 0.600. The molecule has 0 N–H and O–H groups in total. The molecule has 3 heterocycles. The number of aryl methyl sites for hydroxylation is 2. The van der Waals surface area contributed by atoms with Crippen molar-refractivity contribution >= 4 is 11.8 Å². The van der Waals surface area contributed by atoms with E-state index in [0.29, 0.717) is 0 Å². The Kier molecular flexibility index (Phi) is 3.63. The van der Waals surface area contributed by atoms with Gasteiger partial charge < -0.3 is 4.57 Å². The van der Waals surface area contributed by atoms with Crippen LogP contribution in [0.1, 0.15) is 49.2 Å². The lowest BCUT2D eigenvalue weighted by atomic mass is 9.98. The monoisotopic (exact) mass is 301 g/mol. The summed E-state index contributed by atoms with van der Waals surface area (Å²) in [6.45, 7) is 1.04. The molecule has 0 saturated heterocycles. The second-order valence-corrected chi connectivity index (χ2v) is 6.73. The normalized spacial score (nSPS) is 17.9. The molecule has 0 saturated carbocycles. The molecular formula is C15H19N5S. The van der Waals surface area contributed by atoms with Gasteiger partial charge >= 0.3 is 0 Å². The number of hydrogen-bond donors (Lipinski definition) is 0. The molecule has 0 radical (unpaired) electrons. The third-order valence-electron chi connectivity index (χ3n) is 4.35. The first-order valence-corrected chi connectivity index (χ1v) is 8.66. The zero-order chi connectivity index (χ0) is 14.1. The van der Waals surface area contributed by atoms with Crippen LogP contribution in [0, 0.1) is 0 Å². The van der Waals surface area contributed by atoms with Crippen molar-refractivity contribution in [3.05, 3.63) is 23.4 Å². The number of rotatable bonds is 2. The number of hydrogen-bond acceptors (Lipinski definition) is 5. The van der Waals surface area contributed by atoms with Crippen LogP contribution in [0.4, 0.5) is 0 Å². The quantitative estimate of drug-likeness (QED) is 0.798. The first kappa shape index (κ1) is 13.2. The van der Waals surface area contributed by atoms with Crippen molar-refractivity contribution in [2.45, 2.75) is 68.1 Å². The molecule has 0 spiro atoms. The fourth-order valence-corrected chi connectivity index (χ4v) is 4.20. The van der Waals surface area contributed by atoms with Gasteiger partial charge in [-0.25, -0.2) is 9.97 Å². The first-order valence-electron chi connectivity index (χ1n) is 7.84. The Labute approximate surface area is 128 Å². The summed E-state index contributed by atoms with van der Waals surface area (Å²) in [6, 6.07) is 0. The predicted octanol–water partition coefficient (Wildman–Crippen LogP) is 2.82. The number of aromatic nitrogens is 5. The van der Waals surface area contributed by atoms with Crippen molar-refractivity contribution in [2.75, 3.05) is 0 Å². The van der Waals surface area contributed by atoms with Crippen LogP contribution in [0.5, 0.6) is 0 Å². The number of nitrogens with zero attached hydrogens (tertiary/aromatic N) is 5. The van der Waals surface area contributed by atoms with Gasteiger partial charge in [-0.1, -0.05) is 6.42 Å². The van der Waals surface area contributed by atoms with Crippen LogP contribution in [0.2, 0.25) is 0 Å². The standard InChI is InChI=1S/C15H19N5S/c1-2-8-13-18-19-15(20(13)9-5-1)21-14-11-6-3-4-7-12(11)16-10-17-14/h10H,1-9H2. The minimum absolute atomic E-state index is 0.998. The van der Waals surface area contributed by atoms with Gasteiger partial charge in [0.25, 0.3) is 0 Å². The van der Waals surface area contributed by atoms with Crippen molar-refractivity contribution in [3.8, 4) is 0 Å². The van der Waals surface area contributed by atoms with Gasteiger partial charge in [-0.2, -0.15) is 0 Å². The lowest BCUT2D eigenvalue weighted by molar-refractivity contribution is 0.590. The SMILES string of the molecule is c1nc2c(c(Sc3nnc4n3CCCCC4)n1)CCCC2. The third-order valence-corrected chi connectivity index (χ3v) is 5.38. The molecule has 0 aromatic carbocycles. The van der Waals surface area contributed by atoms with E-state index in [1.807, 2.05) is 0 Å². The van der Waals surface area contributed by atoms with Gasteiger partial charge in [0.05, 0.1) is 0 Å². The van der Waals surface area contributed by atoms with Crippen LogP contribution in [0.15, 0.2) is 16.5 Å². The summed E-state index contributed by atoms with van der Waals surface area (Å²) >= 11 is 1.67. The summed E-state index contributed by atoms with van der Waals surface area (Å²) in [4.78, 5) is 8.95. The Morgan fingerprint density at radius 3 is 2.81 bits per heavy atom. The van der Waals surface area contributed by atoms with Crippen molar-refractivity contribution in [1.82, 2.24) is 24.7 Å². The molecule has 2 aromatic rings. The lowest BCUT2D eigenvalue weighted by Crippen LogP contribution is -2.08. The first-order chi connectivity index (χ1) is 10.4. The van der Waals surface area contributed by atoms with Crippen LogP contribution in [0.3, 0.4) is 0 Å². The molecule has 5 nitrogen and oxygen atoms in total. The molecule has 0 bridgehead atoms. The molecule has 0 atom stereocenters. The molecule has 110 valence electrons. The van der Waals surface area contributed by atoms with Gasteiger partial charge in [-0.3, -0.25) is 0 Å². The van der Waals surface area contributed by atoms with Crippen LogP contribution in [0.25, 0.3) is 0 Å². The van der Waals surface area contributed by atoms with E-state index in [1.54, 1.807) is 18.1 Å². The van der Waals surface area contributed by atoms with Gasteiger partial charge in [0, 0.05) is 24.2 Å². The van der Waals surface area contributed by atoms with E-state index in [9.17, 15) is 0 Å². The fourth-order valence-electron chi connectivity index (χ4n) is 3.20. The maximum Gasteiger partial charge on any atom is 0.197 e. The van der Waals surface area contributed by atoms with E-state index in [-0.39, 0.29) is 0 Å². The minimum atomic E-state index is 0.998. The van der Waals surface area contributed by atoms with E-state index >= 15 is 0 Å². The summed E-state index contributed by atoms with van der Waals surface area (Å²) in [5.74, 6) is 1.14. The minimum Gasteiger partial charge on any atom is -0.306 e. The highest BCUT2D eigenvalue weighted by molar-refractivity contribution is 7.99. The van der Waals surface area contributed by atoms with Crippen molar-refractivity contribution in [3.63, 3.8) is 0 Å². The average Bonchev–Trinajstić information content (AvgIpc) is 2.75. The largest absolute Gasteiger partial charge is 0.306 e. The zero-order valence-corrected chi connectivity index (χ0v) is 12.9.